The molecule has 2 atom stereocenters. The number of carbonyl (C=O) groups is 3. The molecule has 28 heavy (non-hydrogen) atoms. The number of imide groups is 1. The summed E-state index contributed by atoms with van der Waals surface area (Å²) in [5.41, 5.74) is -0.141. The first-order chi connectivity index (χ1) is 13.2. The molecule has 1 aliphatic carbocycles. The molecule has 2 rings (SSSR count). The Hall–Kier alpha value is -2.42. The summed E-state index contributed by atoms with van der Waals surface area (Å²) in [6, 6.07) is 5.02. The summed E-state index contributed by atoms with van der Waals surface area (Å²) >= 11 is 0. The minimum atomic E-state index is -3.62. The second-order valence-corrected chi connectivity index (χ2v) is 9.11. The van der Waals surface area contributed by atoms with Crippen molar-refractivity contribution in [3.05, 3.63) is 29.8 Å². The van der Waals surface area contributed by atoms with Crippen molar-refractivity contribution < 1.29 is 27.5 Å². The second-order valence-electron chi connectivity index (χ2n) is 6.87. The third-order valence-electron chi connectivity index (χ3n) is 4.84. The largest absolute Gasteiger partial charge is 0.452 e. The quantitative estimate of drug-likeness (QED) is 0.693. The van der Waals surface area contributed by atoms with Crippen LogP contribution in [0.3, 0.4) is 0 Å². The van der Waals surface area contributed by atoms with E-state index in [0.29, 0.717) is 5.92 Å². The predicted octanol–water partition coefficient (Wildman–Crippen LogP) is 2.04. The maximum Gasteiger partial charge on any atom is 0.339 e. The Morgan fingerprint density at radius 2 is 1.82 bits per heavy atom. The zero-order valence-electron chi connectivity index (χ0n) is 16.1. The molecule has 0 aromatic heterocycles. The van der Waals surface area contributed by atoms with E-state index in [1.807, 2.05) is 0 Å². The van der Waals surface area contributed by atoms with Crippen LogP contribution in [0.25, 0.3) is 0 Å². The smallest absolute Gasteiger partial charge is 0.339 e. The number of ether oxygens (including phenoxy) is 1. The molecule has 9 heteroatoms. The van der Waals surface area contributed by atoms with Gasteiger partial charge in [-0.15, -0.1) is 0 Å². The van der Waals surface area contributed by atoms with Crippen molar-refractivity contribution in [2.24, 2.45) is 5.92 Å². The number of esters is 1. The summed E-state index contributed by atoms with van der Waals surface area (Å²) in [5.74, 6) is -1.56. The van der Waals surface area contributed by atoms with Crippen LogP contribution in [0.15, 0.2) is 29.2 Å². The molecule has 0 spiro atoms. The van der Waals surface area contributed by atoms with Gasteiger partial charge in [0.2, 0.25) is 0 Å². The van der Waals surface area contributed by atoms with E-state index in [1.54, 1.807) is 0 Å². The van der Waals surface area contributed by atoms with Gasteiger partial charge in [-0.1, -0.05) is 38.8 Å². The van der Waals surface area contributed by atoms with Gasteiger partial charge < -0.3 is 10.1 Å². The van der Waals surface area contributed by atoms with E-state index in [-0.39, 0.29) is 22.3 Å². The van der Waals surface area contributed by atoms with Crippen molar-refractivity contribution in [1.82, 2.24) is 10.6 Å². The van der Waals surface area contributed by atoms with E-state index in [4.69, 9.17) is 4.74 Å². The number of benzene rings is 1. The van der Waals surface area contributed by atoms with Crippen LogP contribution < -0.4 is 10.6 Å². The SMILES string of the molecule is CCS(=O)(=O)c1ccccc1C(=O)OCC(=O)NC(=O)N[C@H]1CCCC[C@H]1C. The van der Waals surface area contributed by atoms with Crippen molar-refractivity contribution in [2.75, 3.05) is 12.4 Å². The molecule has 1 fully saturated rings. The van der Waals surface area contributed by atoms with Gasteiger partial charge in [-0.2, -0.15) is 0 Å². The van der Waals surface area contributed by atoms with Crippen LogP contribution in [-0.2, 0) is 19.4 Å². The van der Waals surface area contributed by atoms with Gasteiger partial charge in [0.05, 0.1) is 16.2 Å². The first kappa shape index (κ1) is 21.9. The normalized spacial score (nSPS) is 19.5. The molecule has 2 N–H and O–H groups in total. The molecular weight excluding hydrogens is 384 g/mol. The average molecular weight is 410 g/mol. The van der Waals surface area contributed by atoms with Gasteiger partial charge in [0.25, 0.3) is 5.91 Å². The molecule has 0 aliphatic heterocycles. The van der Waals surface area contributed by atoms with Gasteiger partial charge in [-0.05, 0) is 30.9 Å². The fourth-order valence-corrected chi connectivity index (χ4v) is 4.25. The number of carbonyl (C=O) groups excluding carboxylic acids is 3. The maximum absolute atomic E-state index is 12.2. The third-order valence-corrected chi connectivity index (χ3v) is 6.62. The Kier molecular flexibility index (Phi) is 7.56. The van der Waals surface area contributed by atoms with Crippen LogP contribution >= 0.6 is 0 Å². The first-order valence-corrected chi connectivity index (χ1v) is 11.0. The molecule has 154 valence electrons. The van der Waals surface area contributed by atoms with Crippen LogP contribution in [0.1, 0.15) is 49.9 Å². The molecule has 0 radical (unpaired) electrons. The minimum Gasteiger partial charge on any atom is -0.452 e. The Morgan fingerprint density at radius 3 is 2.50 bits per heavy atom. The lowest BCUT2D eigenvalue weighted by Crippen LogP contribution is -2.48. The van der Waals surface area contributed by atoms with Crippen LogP contribution in [0, 0.1) is 5.92 Å². The van der Waals surface area contributed by atoms with E-state index in [1.165, 1.54) is 31.2 Å². The van der Waals surface area contributed by atoms with Crippen molar-refractivity contribution >= 4 is 27.7 Å². The van der Waals surface area contributed by atoms with Gasteiger partial charge in [0.15, 0.2) is 16.4 Å². The van der Waals surface area contributed by atoms with Crippen molar-refractivity contribution in [2.45, 2.75) is 50.5 Å². The van der Waals surface area contributed by atoms with E-state index >= 15 is 0 Å². The van der Waals surface area contributed by atoms with Gasteiger partial charge in [-0.3, -0.25) is 10.1 Å². The Labute approximate surface area is 164 Å². The summed E-state index contributed by atoms with van der Waals surface area (Å²) < 4.78 is 29.1. The fourth-order valence-electron chi connectivity index (χ4n) is 3.17. The molecule has 8 nitrogen and oxygen atoms in total. The second kappa shape index (κ2) is 9.68. The van der Waals surface area contributed by atoms with Crippen molar-refractivity contribution in [3.8, 4) is 0 Å². The van der Waals surface area contributed by atoms with Crippen LogP contribution in [0.5, 0.6) is 0 Å². The number of hydrogen-bond donors (Lipinski definition) is 2. The summed E-state index contributed by atoms with van der Waals surface area (Å²) in [4.78, 5) is 35.9. The molecule has 0 heterocycles. The maximum atomic E-state index is 12.2. The first-order valence-electron chi connectivity index (χ1n) is 9.34. The molecule has 0 bridgehead atoms. The molecule has 1 aromatic carbocycles. The van der Waals surface area contributed by atoms with E-state index in [0.717, 1.165) is 25.7 Å². The Morgan fingerprint density at radius 1 is 1.14 bits per heavy atom. The lowest BCUT2D eigenvalue weighted by molar-refractivity contribution is -0.123. The summed E-state index contributed by atoms with van der Waals surface area (Å²) in [5, 5.41) is 4.89. The van der Waals surface area contributed by atoms with E-state index in [2.05, 4.69) is 17.6 Å². The van der Waals surface area contributed by atoms with Gasteiger partial charge >= 0.3 is 12.0 Å². The zero-order chi connectivity index (χ0) is 20.7. The number of nitrogens with one attached hydrogen (secondary N) is 2. The standard InChI is InChI=1S/C19H26N2O6S/c1-3-28(25,26)16-11-7-5-9-14(16)18(23)27-12-17(22)21-19(24)20-15-10-6-4-8-13(15)2/h5,7,9,11,13,15H,3-4,6,8,10,12H2,1-2H3,(H2,20,21,22,24)/t13-,15+/m1/s1. The summed E-state index contributed by atoms with van der Waals surface area (Å²) in [7, 11) is -3.62. The molecule has 1 aromatic rings. The lowest BCUT2D eigenvalue weighted by atomic mass is 9.86. The van der Waals surface area contributed by atoms with Crippen LogP contribution in [0.2, 0.25) is 0 Å². The highest BCUT2D eigenvalue weighted by Gasteiger charge is 2.24. The number of urea groups is 1. The summed E-state index contributed by atoms with van der Waals surface area (Å²) in [6.07, 6.45) is 4.04. The Bertz CT molecular complexity index is 837. The van der Waals surface area contributed by atoms with Crippen molar-refractivity contribution in [1.29, 1.82) is 0 Å². The molecule has 3 amide bonds. The van der Waals surface area contributed by atoms with E-state index < -0.39 is 34.4 Å². The van der Waals surface area contributed by atoms with Gasteiger partial charge in [0.1, 0.15) is 0 Å². The number of hydrogen-bond acceptors (Lipinski definition) is 6. The summed E-state index contributed by atoms with van der Waals surface area (Å²) in [6.45, 7) is 2.83. The minimum absolute atomic E-state index is 0.00947. The molecule has 0 unspecified atom stereocenters. The van der Waals surface area contributed by atoms with Crippen LogP contribution in [-0.4, -0.2) is 44.7 Å². The zero-order valence-corrected chi connectivity index (χ0v) is 16.9. The molecule has 1 aliphatic rings. The lowest BCUT2D eigenvalue weighted by Gasteiger charge is -2.29. The molecular formula is C19H26N2O6S. The highest BCUT2D eigenvalue weighted by molar-refractivity contribution is 7.91. The van der Waals surface area contributed by atoms with E-state index in [9.17, 15) is 22.8 Å². The number of amides is 3. The van der Waals surface area contributed by atoms with Gasteiger partial charge in [0, 0.05) is 6.04 Å². The van der Waals surface area contributed by atoms with Crippen LogP contribution in [0.4, 0.5) is 4.79 Å². The highest BCUT2D eigenvalue weighted by Crippen LogP contribution is 2.23. The molecule has 0 saturated heterocycles. The Balaban J connectivity index is 1.89. The number of sulfone groups is 1. The fraction of sp³-hybridized carbons (Fsp3) is 0.526. The monoisotopic (exact) mass is 410 g/mol. The predicted molar refractivity (Wildman–Crippen MR) is 103 cm³/mol. The highest BCUT2D eigenvalue weighted by atomic mass is 32.2. The molecule has 1 saturated carbocycles. The topological polar surface area (TPSA) is 119 Å². The third kappa shape index (κ3) is 5.79. The van der Waals surface area contributed by atoms with Gasteiger partial charge in [-0.25, -0.2) is 18.0 Å². The number of rotatable bonds is 6. The average Bonchev–Trinajstić information content (AvgIpc) is 2.68. The van der Waals surface area contributed by atoms with Crippen molar-refractivity contribution in [3.63, 3.8) is 0 Å².